The van der Waals surface area contributed by atoms with Crippen molar-refractivity contribution in [3.05, 3.63) is 42.5 Å². The van der Waals surface area contributed by atoms with E-state index in [4.69, 9.17) is 4.74 Å². The highest BCUT2D eigenvalue weighted by Crippen LogP contribution is 2.31. The fourth-order valence-electron chi connectivity index (χ4n) is 3.75. The number of hydrogen-bond donors (Lipinski definition) is 1. The summed E-state index contributed by atoms with van der Waals surface area (Å²) in [5.41, 5.74) is 3.17. The summed E-state index contributed by atoms with van der Waals surface area (Å²) in [6.07, 6.45) is 0.713. The summed E-state index contributed by atoms with van der Waals surface area (Å²) in [7, 11) is 0. The molecule has 140 valence electrons. The van der Waals surface area contributed by atoms with Crippen LogP contribution in [0.15, 0.2) is 42.5 Å². The van der Waals surface area contributed by atoms with E-state index in [1.807, 2.05) is 24.3 Å². The van der Waals surface area contributed by atoms with E-state index in [1.54, 1.807) is 4.90 Å². The first-order valence-corrected chi connectivity index (χ1v) is 9.40. The Labute approximate surface area is 157 Å². The van der Waals surface area contributed by atoms with Gasteiger partial charge in [0.05, 0.1) is 6.54 Å². The maximum Gasteiger partial charge on any atom is 0.409 e. The number of amides is 2. The van der Waals surface area contributed by atoms with Crippen molar-refractivity contribution in [3.8, 4) is 0 Å². The van der Waals surface area contributed by atoms with Gasteiger partial charge in [0.25, 0.3) is 0 Å². The molecule has 1 aliphatic heterocycles. The molecule has 1 N–H and O–H groups in total. The molecule has 0 spiro atoms. The number of para-hydroxylation sites is 1. The molecule has 0 aliphatic carbocycles. The van der Waals surface area contributed by atoms with Crippen LogP contribution in [0.1, 0.15) is 19.8 Å². The van der Waals surface area contributed by atoms with E-state index in [1.165, 1.54) is 16.4 Å². The zero-order chi connectivity index (χ0) is 18.8. The summed E-state index contributed by atoms with van der Waals surface area (Å²) >= 11 is 0. The van der Waals surface area contributed by atoms with Crippen LogP contribution >= 0.6 is 0 Å². The van der Waals surface area contributed by atoms with Crippen LogP contribution in [-0.2, 0) is 16.1 Å². The first kappa shape index (κ1) is 17.4. The summed E-state index contributed by atoms with van der Waals surface area (Å²) < 4.78 is 7.17. The minimum Gasteiger partial charge on any atom is -0.448 e. The molecule has 2 amide bonds. The lowest BCUT2D eigenvalue weighted by Crippen LogP contribution is -2.26. The van der Waals surface area contributed by atoms with Crippen molar-refractivity contribution >= 4 is 39.5 Å². The number of carbonyl (C=O) groups is 2. The average molecular weight is 365 g/mol. The highest BCUT2D eigenvalue weighted by molar-refractivity contribution is 6.09. The van der Waals surface area contributed by atoms with E-state index in [0.29, 0.717) is 32.5 Å². The predicted octanol–water partition coefficient (Wildman–Crippen LogP) is 3.99. The molecule has 1 aromatic heterocycles. The van der Waals surface area contributed by atoms with Crippen LogP contribution in [0.5, 0.6) is 0 Å². The van der Waals surface area contributed by atoms with Crippen molar-refractivity contribution in [1.29, 1.82) is 0 Å². The molecule has 1 saturated heterocycles. The van der Waals surface area contributed by atoms with Crippen LogP contribution in [0, 0.1) is 0 Å². The van der Waals surface area contributed by atoms with Crippen molar-refractivity contribution in [2.24, 2.45) is 0 Å². The number of anilines is 1. The van der Waals surface area contributed by atoms with Crippen molar-refractivity contribution in [1.82, 2.24) is 9.47 Å². The Kier molecular flexibility index (Phi) is 4.71. The normalized spacial score (nSPS) is 14.1. The van der Waals surface area contributed by atoms with Crippen LogP contribution in [0.2, 0.25) is 0 Å². The lowest BCUT2D eigenvalue weighted by Gasteiger charge is -2.12. The number of cyclic esters (lactones) is 1. The molecule has 0 bridgehead atoms. The standard InChI is InChI=1S/C21H23N3O3/c1-2-24-18-7-4-3-6-16(18)17-14-15(9-10-19(17)24)22-20(25)8-5-11-23-12-13-27-21(23)26/h3-4,6-7,9-10,14H,2,5,8,11-13H2,1H3,(H,22,25). The Bertz CT molecular complexity index is 1010. The minimum atomic E-state index is -0.284. The van der Waals surface area contributed by atoms with E-state index >= 15 is 0 Å². The number of rotatable bonds is 6. The van der Waals surface area contributed by atoms with Gasteiger partial charge in [0, 0.05) is 47.0 Å². The summed E-state index contributed by atoms with van der Waals surface area (Å²) in [6, 6.07) is 14.4. The molecule has 1 fully saturated rings. The lowest BCUT2D eigenvalue weighted by atomic mass is 10.1. The number of hydrogen-bond acceptors (Lipinski definition) is 3. The average Bonchev–Trinajstić information content (AvgIpc) is 3.22. The number of ether oxygens (including phenoxy) is 1. The molecule has 6 nitrogen and oxygen atoms in total. The van der Waals surface area contributed by atoms with Gasteiger partial charge in [0.1, 0.15) is 6.61 Å². The molecule has 2 heterocycles. The van der Waals surface area contributed by atoms with E-state index in [9.17, 15) is 9.59 Å². The van der Waals surface area contributed by atoms with Crippen molar-refractivity contribution < 1.29 is 14.3 Å². The Hall–Kier alpha value is -3.02. The first-order valence-electron chi connectivity index (χ1n) is 9.40. The van der Waals surface area contributed by atoms with Gasteiger partial charge < -0.3 is 19.5 Å². The van der Waals surface area contributed by atoms with Crippen LogP contribution in [-0.4, -0.2) is 41.2 Å². The van der Waals surface area contributed by atoms with E-state index in [-0.39, 0.29) is 12.0 Å². The summed E-state index contributed by atoms with van der Waals surface area (Å²) in [5, 5.41) is 5.32. The molecular weight excluding hydrogens is 342 g/mol. The van der Waals surface area contributed by atoms with Crippen LogP contribution in [0.25, 0.3) is 21.8 Å². The van der Waals surface area contributed by atoms with E-state index in [0.717, 1.165) is 17.6 Å². The van der Waals surface area contributed by atoms with Crippen molar-refractivity contribution in [2.45, 2.75) is 26.3 Å². The van der Waals surface area contributed by atoms with Crippen LogP contribution in [0.4, 0.5) is 10.5 Å². The summed E-state index contributed by atoms with van der Waals surface area (Å²) in [4.78, 5) is 25.3. The molecule has 1 aliphatic rings. The van der Waals surface area contributed by atoms with Crippen molar-refractivity contribution in [3.63, 3.8) is 0 Å². The third-order valence-corrected chi connectivity index (χ3v) is 5.05. The Morgan fingerprint density at radius 1 is 1.15 bits per heavy atom. The second kappa shape index (κ2) is 7.31. The number of nitrogens with zero attached hydrogens (tertiary/aromatic N) is 2. The number of nitrogens with one attached hydrogen (secondary N) is 1. The van der Waals surface area contributed by atoms with Crippen LogP contribution in [0.3, 0.4) is 0 Å². The van der Waals surface area contributed by atoms with E-state index in [2.05, 4.69) is 35.0 Å². The lowest BCUT2D eigenvalue weighted by molar-refractivity contribution is -0.116. The third-order valence-electron chi connectivity index (χ3n) is 5.05. The molecule has 6 heteroatoms. The molecule has 0 saturated carbocycles. The topological polar surface area (TPSA) is 63.6 Å². The summed E-state index contributed by atoms with van der Waals surface area (Å²) in [5.74, 6) is -0.0406. The maximum absolute atomic E-state index is 12.3. The second-order valence-corrected chi connectivity index (χ2v) is 6.75. The highest BCUT2D eigenvalue weighted by Gasteiger charge is 2.21. The smallest absolute Gasteiger partial charge is 0.409 e. The number of carbonyl (C=O) groups excluding carboxylic acids is 2. The van der Waals surface area contributed by atoms with Crippen molar-refractivity contribution in [2.75, 3.05) is 25.0 Å². The Morgan fingerprint density at radius 2 is 1.96 bits per heavy atom. The van der Waals surface area contributed by atoms with Gasteiger partial charge in [-0.05, 0) is 37.6 Å². The molecule has 2 aromatic carbocycles. The zero-order valence-electron chi connectivity index (χ0n) is 15.4. The quantitative estimate of drug-likeness (QED) is 0.718. The van der Waals surface area contributed by atoms with Gasteiger partial charge in [-0.1, -0.05) is 18.2 Å². The van der Waals surface area contributed by atoms with Gasteiger partial charge in [-0.25, -0.2) is 4.79 Å². The Morgan fingerprint density at radius 3 is 2.74 bits per heavy atom. The van der Waals surface area contributed by atoms with Gasteiger partial charge in [-0.3, -0.25) is 4.79 Å². The predicted molar refractivity (Wildman–Crippen MR) is 106 cm³/mol. The molecule has 0 unspecified atom stereocenters. The molecule has 4 rings (SSSR count). The number of aryl methyl sites for hydroxylation is 1. The van der Waals surface area contributed by atoms with Gasteiger partial charge >= 0.3 is 6.09 Å². The number of aromatic nitrogens is 1. The molecular formula is C21H23N3O3. The zero-order valence-corrected chi connectivity index (χ0v) is 15.4. The summed E-state index contributed by atoms with van der Waals surface area (Å²) in [6.45, 7) is 4.64. The Balaban J connectivity index is 1.46. The number of benzene rings is 2. The highest BCUT2D eigenvalue weighted by atomic mass is 16.6. The van der Waals surface area contributed by atoms with Gasteiger partial charge in [-0.15, -0.1) is 0 Å². The largest absolute Gasteiger partial charge is 0.448 e. The van der Waals surface area contributed by atoms with Gasteiger partial charge in [0.15, 0.2) is 0 Å². The molecule has 3 aromatic rings. The fraction of sp³-hybridized carbons (Fsp3) is 0.333. The van der Waals surface area contributed by atoms with Gasteiger partial charge in [0.2, 0.25) is 5.91 Å². The third kappa shape index (κ3) is 3.35. The molecule has 0 radical (unpaired) electrons. The number of fused-ring (bicyclic) bond motifs is 3. The first-order chi connectivity index (χ1) is 13.2. The molecule has 27 heavy (non-hydrogen) atoms. The monoisotopic (exact) mass is 365 g/mol. The minimum absolute atomic E-state index is 0.0406. The van der Waals surface area contributed by atoms with Crippen LogP contribution < -0.4 is 5.32 Å². The maximum atomic E-state index is 12.3. The van der Waals surface area contributed by atoms with E-state index < -0.39 is 0 Å². The second-order valence-electron chi connectivity index (χ2n) is 6.75. The van der Waals surface area contributed by atoms with Gasteiger partial charge in [-0.2, -0.15) is 0 Å². The fourth-order valence-corrected chi connectivity index (χ4v) is 3.75. The molecule has 0 atom stereocenters. The SMILES string of the molecule is CCn1c2ccccc2c2cc(NC(=O)CCCN3CCOC3=O)ccc21.